The maximum atomic E-state index is 11.1. The molecule has 0 saturated carbocycles. The van der Waals surface area contributed by atoms with E-state index in [9.17, 15) is 4.79 Å². The fraction of sp³-hybridized carbons (Fsp3) is 0.900. The maximum Gasteiger partial charge on any atom is 0.221 e. The third-order valence-corrected chi connectivity index (χ3v) is 2.02. The van der Waals surface area contributed by atoms with Gasteiger partial charge in [-0.3, -0.25) is 4.79 Å². The van der Waals surface area contributed by atoms with Gasteiger partial charge in [0.05, 0.1) is 6.10 Å². The molecule has 0 aliphatic rings. The Hall–Kier alpha value is -0.610. The van der Waals surface area contributed by atoms with E-state index in [0.717, 1.165) is 19.5 Å². The van der Waals surface area contributed by atoms with Crippen molar-refractivity contribution in [1.82, 2.24) is 10.2 Å². The Bertz CT molecular complexity index is 160. The summed E-state index contributed by atoms with van der Waals surface area (Å²) in [6, 6.07) is 0. The number of nitrogens with one attached hydrogen (secondary N) is 1. The van der Waals surface area contributed by atoms with E-state index in [4.69, 9.17) is 5.11 Å². The molecule has 0 heterocycles. The Balaban J connectivity index is 3.43. The first-order valence-electron chi connectivity index (χ1n) is 5.19. The van der Waals surface area contributed by atoms with Crippen LogP contribution in [0.4, 0.5) is 0 Å². The minimum absolute atomic E-state index is 0.0939. The average Bonchev–Trinajstić information content (AvgIpc) is 2.12. The predicted molar refractivity (Wildman–Crippen MR) is 57.1 cm³/mol. The number of carbonyl (C=O) groups is 1. The molecule has 0 aliphatic carbocycles. The summed E-state index contributed by atoms with van der Waals surface area (Å²) in [6.07, 6.45) is 1.03. The van der Waals surface area contributed by atoms with Crippen LogP contribution in [-0.2, 0) is 4.79 Å². The van der Waals surface area contributed by atoms with Gasteiger partial charge < -0.3 is 15.3 Å². The van der Waals surface area contributed by atoms with Crippen LogP contribution in [0.3, 0.4) is 0 Å². The molecule has 0 aromatic carbocycles. The van der Waals surface area contributed by atoms with Gasteiger partial charge in [-0.1, -0.05) is 0 Å². The van der Waals surface area contributed by atoms with Crippen molar-refractivity contribution in [1.29, 1.82) is 0 Å². The van der Waals surface area contributed by atoms with E-state index in [1.165, 1.54) is 0 Å². The second-order valence-corrected chi connectivity index (χ2v) is 3.64. The highest BCUT2D eigenvalue weighted by molar-refractivity contribution is 5.75. The molecule has 1 unspecified atom stereocenters. The Morgan fingerprint density at radius 1 is 1.50 bits per heavy atom. The second-order valence-electron chi connectivity index (χ2n) is 3.64. The zero-order valence-corrected chi connectivity index (χ0v) is 9.42. The summed E-state index contributed by atoms with van der Waals surface area (Å²) in [6.45, 7) is 5.96. The van der Waals surface area contributed by atoms with Crippen LogP contribution in [0, 0.1) is 0 Å². The number of nitrogens with zero attached hydrogens (tertiary/aromatic N) is 1. The minimum atomic E-state index is -0.262. The van der Waals surface area contributed by atoms with Crippen LogP contribution in [0.5, 0.6) is 0 Å². The highest BCUT2D eigenvalue weighted by Gasteiger charge is 2.04. The van der Waals surface area contributed by atoms with Crippen molar-refractivity contribution in [2.45, 2.75) is 32.8 Å². The quantitative estimate of drug-likeness (QED) is 0.621. The van der Waals surface area contributed by atoms with Crippen LogP contribution < -0.4 is 5.32 Å². The first-order chi connectivity index (χ1) is 6.56. The Kier molecular flexibility index (Phi) is 7.42. The number of hydrogen-bond donors (Lipinski definition) is 2. The van der Waals surface area contributed by atoms with Crippen molar-refractivity contribution in [3.8, 4) is 0 Å². The van der Waals surface area contributed by atoms with Gasteiger partial charge in [-0.05, 0) is 27.3 Å². The summed E-state index contributed by atoms with van der Waals surface area (Å²) in [5, 5.41) is 11.8. The molecule has 2 N–H and O–H groups in total. The summed E-state index contributed by atoms with van der Waals surface area (Å²) in [5.74, 6) is 0.0939. The van der Waals surface area contributed by atoms with Gasteiger partial charge >= 0.3 is 0 Å². The molecular formula is C10H22N2O2. The van der Waals surface area contributed by atoms with Crippen molar-refractivity contribution in [3.63, 3.8) is 0 Å². The molecule has 0 spiro atoms. The van der Waals surface area contributed by atoms with Gasteiger partial charge in [-0.2, -0.15) is 0 Å². The molecule has 1 amide bonds. The first-order valence-corrected chi connectivity index (χ1v) is 5.19. The van der Waals surface area contributed by atoms with Crippen molar-refractivity contribution in [2.75, 3.05) is 26.7 Å². The van der Waals surface area contributed by atoms with E-state index in [0.29, 0.717) is 13.0 Å². The van der Waals surface area contributed by atoms with Crippen LogP contribution in [0.2, 0.25) is 0 Å². The largest absolute Gasteiger partial charge is 0.393 e. The molecule has 0 aromatic heterocycles. The van der Waals surface area contributed by atoms with E-state index in [2.05, 4.69) is 10.2 Å². The number of aliphatic hydroxyl groups excluding tert-OH is 1. The van der Waals surface area contributed by atoms with Crippen LogP contribution >= 0.6 is 0 Å². The summed E-state index contributed by atoms with van der Waals surface area (Å²) in [5.41, 5.74) is 0. The first kappa shape index (κ1) is 13.4. The summed E-state index contributed by atoms with van der Waals surface area (Å²) in [7, 11) is 1.96. The summed E-state index contributed by atoms with van der Waals surface area (Å²) < 4.78 is 0. The van der Waals surface area contributed by atoms with E-state index in [1.807, 2.05) is 14.0 Å². The normalized spacial score (nSPS) is 12.9. The molecule has 0 aliphatic heterocycles. The zero-order valence-electron chi connectivity index (χ0n) is 9.42. The van der Waals surface area contributed by atoms with Gasteiger partial charge in [0, 0.05) is 26.1 Å². The van der Waals surface area contributed by atoms with Gasteiger partial charge in [0.25, 0.3) is 0 Å². The van der Waals surface area contributed by atoms with Gasteiger partial charge in [-0.25, -0.2) is 0 Å². The topological polar surface area (TPSA) is 52.6 Å². The van der Waals surface area contributed by atoms with E-state index in [-0.39, 0.29) is 12.0 Å². The van der Waals surface area contributed by atoms with Crippen molar-refractivity contribution < 1.29 is 9.90 Å². The lowest BCUT2D eigenvalue weighted by molar-refractivity contribution is -0.121. The molecule has 4 nitrogen and oxygen atoms in total. The molecule has 0 radical (unpaired) electrons. The molecule has 0 saturated heterocycles. The average molecular weight is 202 g/mol. The lowest BCUT2D eigenvalue weighted by atomic mass is 10.2. The molecule has 0 aromatic rings. The molecule has 0 fully saturated rings. The molecule has 4 heteroatoms. The van der Waals surface area contributed by atoms with Crippen molar-refractivity contribution >= 4 is 5.91 Å². The number of hydrogen-bond acceptors (Lipinski definition) is 3. The second kappa shape index (κ2) is 7.76. The number of aliphatic hydroxyl groups is 1. The highest BCUT2D eigenvalue weighted by Crippen LogP contribution is 1.94. The lowest BCUT2D eigenvalue weighted by Gasteiger charge is -2.16. The number of amides is 1. The predicted octanol–water partition coefficient (Wildman–Crippen LogP) is 0.215. The monoisotopic (exact) mass is 202 g/mol. The van der Waals surface area contributed by atoms with Gasteiger partial charge in [0.2, 0.25) is 5.91 Å². The standard InChI is InChI=1S/C10H22N2O2/c1-4-11-10(14)6-8-12(3)7-5-9(2)13/h9,13H,4-8H2,1-3H3,(H,11,14). The van der Waals surface area contributed by atoms with Crippen molar-refractivity contribution in [2.24, 2.45) is 0 Å². The molecule has 0 bridgehead atoms. The maximum absolute atomic E-state index is 11.1. The van der Waals surface area contributed by atoms with E-state index >= 15 is 0 Å². The van der Waals surface area contributed by atoms with Gasteiger partial charge in [0.1, 0.15) is 0 Å². The zero-order chi connectivity index (χ0) is 11.0. The van der Waals surface area contributed by atoms with Crippen LogP contribution in [-0.4, -0.2) is 48.7 Å². The van der Waals surface area contributed by atoms with Gasteiger partial charge in [-0.15, -0.1) is 0 Å². The molecular weight excluding hydrogens is 180 g/mol. The fourth-order valence-corrected chi connectivity index (χ4v) is 1.10. The number of carbonyl (C=O) groups excluding carboxylic acids is 1. The fourth-order valence-electron chi connectivity index (χ4n) is 1.10. The Labute approximate surface area is 86.3 Å². The van der Waals surface area contributed by atoms with Crippen LogP contribution in [0.25, 0.3) is 0 Å². The summed E-state index contributed by atoms with van der Waals surface area (Å²) in [4.78, 5) is 13.2. The number of rotatable bonds is 7. The van der Waals surface area contributed by atoms with Gasteiger partial charge in [0.15, 0.2) is 0 Å². The Morgan fingerprint density at radius 2 is 2.14 bits per heavy atom. The molecule has 84 valence electrons. The highest BCUT2D eigenvalue weighted by atomic mass is 16.3. The SMILES string of the molecule is CCNC(=O)CCN(C)CCC(C)O. The van der Waals surface area contributed by atoms with E-state index < -0.39 is 0 Å². The molecule has 0 rings (SSSR count). The van der Waals surface area contributed by atoms with E-state index in [1.54, 1.807) is 6.92 Å². The molecule has 1 atom stereocenters. The smallest absolute Gasteiger partial charge is 0.221 e. The van der Waals surface area contributed by atoms with Crippen LogP contribution in [0.15, 0.2) is 0 Å². The van der Waals surface area contributed by atoms with Crippen molar-refractivity contribution in [3.05, 3.63) is 0 Å². The summed E-state index contributed by atoms with van der Waals surface area (Å²) >= 11 is 0. The molecule has 14 heavy (non-hydrogen) atoms. The third-order valence-electron chi connectivity index (χ3n) is 2.02. The third kappa shape index (κ3) is 8.01. The van der Waals surface area contributed by atoms with Crippen LogP contribution in [0.1, 0.15) is 26.7 Å². The minimum Gasteiger partial charge on any atom is -0.393 e. The Morgan fingerprint density at radius 3 is 2.64 bits per heavy atom. The lowest BCUT2D eigenvalue weighted by Crippen LogP contribution is -2.29.